The fourth-order valence-electron chi connectivity index (χ4n) is 1.94. The smallest absolute Gasteiger partial charge is 0.147 e. The molecule has 0 aromatic carbocycles. The first kappa shape index (κ1) is 13.0. The molecule has 4 nitrogen and oxygen atoms in total. The van der Waals surface area contributed by atoms with Crippen molar-refractivity contribution < 1.29 is 0 Å². The van der Waals surface area contributed by atoms with Crippen molar-refractivity contribution in [2.24, 2.45) is 5.84 Å². The normalized spacial score (nSPS) is 20.3. The molecule has 1 aliphatic rings. The highest BCUT2D eigenvalue weighted by molar-refractivity contribution is 8.06. The van der Waals surface area contributed by atoms with E-state index in [0.29, 0.717) is 5.25 Å². The second kappa shape index (κ2) is 5.93. The molecule has 2 rings (SSSR count). The molecule has 0 saturated carbocycles. The van der Waals surface area contributed by atoms with Gasteiger partial charge in [-0.25, -0.2) is 15.8 Å². The molecule has 1 unspecified atom stereocenters. The maximum atomic E-state index is 5.54. The van der Waals surface area contributed by atoms with Gasteiger partial charge >= 0.3 is 0 Å². The quantitative estimate of drug-likeness (QED) is 0.648. The van der Waals surface area contributed by atoms with Crippen molar-refractivity contribution in [2.75, 3.05) is 22.7 Å². The Bertz CT molecular complexity index is 391. The van der Waals surface area contributed by atoms with Crippen molar-refractivity contribution >= 4 is 29.3 Å². The van der Waals surface area contributed by atoms with Crippen LogP contribution in [0.2, 0.25) is 0 Å². The molecule has 0 amide bonds. The van der Waals surface area contributed by atoms with Crippen LogP contribution in [-0.4, -0.2) is 27.2 Å². The Hall–Kier alpha value is -0.460. The molecular weight excluding hydrogens is 252 g/mol. The summed E-state index contributed by atoms with van der Waals surface area (Å²) < 4.78 is 0. The zero-order valence-electron chi connectivity index (χ0n) is 10.2. The molecule has 1 aromatic rings. The Morgan fingerprint density at radius 3 is 2.82 bits per heavy atom. The standard InChI is InChI=1S/C11H18N4S2/c1-3-8-7(2)13-11(14-10(8)15-12)9-6-16-4-5-17-9/h9H,3-6,12H2,1-2H3,(H,13,14,15). The number of thioether (sulfide) groups is 2. The molecule has 3 N–H and O–H groups in total. The van der Waals surface area contributed by atoms with Gasteiger partial charge in [-0.3, -0.25) is 0 Å². The zero-order valence-corrected chi connectivity index (χ0v) is 11.8. The van der Waals surface area contributed by atoms with E-state index in [1.165, 1.54) is 11.5 Å². The Labute approximate surface area is 111 Å². The van der Waals surface area contributed by atoms with Gasteiger partial charge in [-0.1, -0.05) is 6.92 Å². The van der Waals surface area contributed by atoms with Gasteiger partial charge in [0, 0.05) is 28.5 Å². The summed E-state index contributed by atoms with van der Waals surface area (Å²) in [5, 5.41) is 0.408. The predicted octanol–water partition coefficient (Wildman–Crippen LogP) is 2.15. The SMILES string of the molecule is CCc1c(C)nc(C2CSCCS2)nc1NN. The van der Waals surface area contributed by atoms with E-state index in [4.69, 9.17) is 5.84 Å². The summed E-state index contributed by atoms with van der Waals surface area (Å²) in [5.74, 6) is 10.8. The van der Waals surface area contributed by atoms with E-state index in [-0.39, 0.29) is 0 Å². The van der Waals surface area contributed by atoms with Crippen molar-refractivity contribution in [2.45, 2.75) is 25.5 Å². The Morgan fingerprint density at radius 1 is 1.41 bits per heavy atom. The number of hydrogen-bond donors (Lipinski definition) is 2. The molecule has 6 heteroatoms. The summed E-state index contributed by atoms with van der Waals surface area (Å²) in [7, 11) is 0. The number of aryl methyl sites for hydroxylation is 1. The Balaban J connectivity index is 2.31. The molecule has 94 valence electrons. The highest BCUT2D eigenvalue weighted by atomic mass is 32.2. The lowest BCUT2D eigenvalue weighted by Crippen LogP contribution is -2.17. The van der Waals surface area contributed by atoms with Crippen LogP contribution in [0.15, 0.2) is 0 Å². The van der Waals surface area contributed by atoms with Crippen LogP contribution in [0.25, 0.3) is 0 Å². The summed E-state index contributed by atoms with van der Waals surface area (Å²) in [5.41, 5.74) is 4.86. The molecule has 0 aliphatic carbocycles. The summed E-state index contributed by atoms with van der Waals surface area (Å²) in [6.45, 7) is 4.13. The highest BCUT2D eigenvalue weighted by Gasteiger charge is 2.21. The molecule has 0 radical (unpaired) electrons. The van der Waals surface area contributed by atoms with Crippen molar-refractivity contribution in [1.29, 1.82) is 0 Å². The number of rotatable bonds is 3. The Morgan fingerprint density at radius 2 is 2.24 bits per heavy atom. The minimum Gasteiger partial charge on any atom is -0.308 e. The van der Waals surface area contributed by atoms with Crippen molar-refractivity contribution in [3.05, 3.63) is 17.1 Å². The third-order valence-corrected chi connectivity index (χ3v) is 5.58. The summed E-state index contributed by atoms with van der Waals surface area (Å²) in [4.78, 5) is 9.20. The fraction of sp³-hybridized carbons (Fsp3) is 0.636. The van der Waals surface area contributed by atoms with Crippen LogP contribution >= 0.6 is 23.5 Å². The van der Waals surface area contributed by atoms with Gasteiger partial charge in [0.1, 0.15) is 11.6 Å². The zero-order chi connectivity index (χ0) is 12.3. The first-order valence-corrected chi connectivity index (χ1v) is 8.00. The van der Waals surface area contributed by atoms with Gasteiger partial charge < -0.3 is 5.43 Å². The van der Waals surface area contributed by atoms with Gasteiger partial charge in [-0.2, -0.15) is 11.8 Å². The lowest BCUT2D eigenvalue weighted by atomic mass is 10.1. The molecule has 1 aromatic heterocycles. The molecule has 17 heavy (non-hydrogen) atoms. The molecule has 1 saturated heterocycles. The fourth-order valence-corrected chi connectivity index (χ4v) is 4.54. The summed E-state index contributed by atoms with van der Waals surface area (Å²) in [6.07, 6.45) is 0.901. The third-order valence-electron chi connectivity index (χ3n) is 2.83. The van der Waals surface area contributed by atoms with E-state index in [1.54, 1.807) is 0 Å². The van der Waals surface area contributed by atoms with Gasteiger partial charge in [0.15, 0.2) is 0 Å². The minimum atomic E-state index is 0.408. The average molecular weight is 270 g/mol. The topological polar surface area (TPSA) is 63.8 Å². The van der Waals surface area contributed by atoms with Gasteiger partial charge in [-0.15, -0.1) is 11.8 Å². The number of hydrogen-bond acceptors (Lipinski definition) is 6. The van der Waals surface area contributed by atoms with Crippen LogP contribution in [-0.2, 0) is 6.42 Å². The minimum absolute atomic E-state index is 0.408. The van der Waals surface area contributed by atoms with Crippen LogP contribution in [0.4, 0.5) is 5.82 Å². The molecule has 1 fully saturated rings. The number of nitrogens with one attached hydrogen (secondary N) is 1. The van der Waals surface area contributed by atoms with E-state index in [9.17, 15) is 0 Å². The van der Waals surface area contributed by atoms with Crippen molar-refractivity contribution in [3.63, 3.8) is 0 Å². The molecule has 0 bridgehead atoms. The van der Waals surface area contributed by atoms with E-state index in [0.717, 1.165) is 35.1 Å². The lowest BCUT2D eigenvalue weighted by molar-refractivity contribution is 0.876. The van der Waals surface area contributed by atoms with E-state index < -0.39 is 0 Å². The van der Waals surface area contributed by atoms with Crippen LogP contribution in [0.1, 0.15) is 29.3 Å². The van der Waals surface area contributed by atoms with Crippen molar-refractivity contribution in [1.82, 2.24) is 9.97 Å². The van der Waals surface area contributed by atoms with E-state index in [2.05, 4.69) is 22.3 Å². The second-order valence-corrected chi connectivity index (χ2v) is 6.39. The molecule has 1 aliphatic heterocycles. The largest absolute Gasteiger partial charge is 0.308 e. The maximum absolute atomic E-state index is 5.54. The first-order valence-electron chi connectivity index (χ1n) is 5.79. The summed E-state index contributed by atoms with van der Waals surface area (Å²) >= 11 is 3.92. The van der Waals surface area contributed by atoms with E-state index >= 15 is 0 Å². The van der Waals surface area contributed by atoms with Gasteiger partial charge in [0.25, 0.3) is 0 Å². The molecule has 0 spiro atoms. The highest BCUT2D eigenvalue weighted by Crippen LogP contribution is 2.35. The maximum Gasteiger partial charge on any atom is 0.147 e. The van der Waals surface area contributed by atoms with Gasteiger partial charge in [0.05, 0.1) is 5.25 Å². The predicted molar refractivity (Wildman–Crippen MR) is 76.5 cm³/mol. The third kappa shape index (κ3) is 2.86. The number of aromatic nitrogens is 2. The monoisotopic (exact) mass is 270 g/mol. The second-order valence-electron chi connectivity index (χ2n) is 3.93. The van der Waals surface area contributed by atoms with Crippen LogP contribution in [0.5, 0.6) is 0 Å². The average Bonchev–Trinajstić information content (AvgIpc) is 2.38. The van der Waals surface area contributed by atoms with Crippen LogP contribution < -0.4 is 11.3 Å². The molecule has 1 atom stereocenters. The first-order chi connectivity index (χ1) is 8.26. The Kier molecular flexibility index (Phi) is 4.53. The van der Waals surface area contributed by atoms with E-state index in [1.807, 2.05) is 30.4 Å². The van der Waals surface area contributed by atoms with Gasteiger partial charge in [-0.05, 0) is 13.3 Å². The van der Waals surface area contributed by atoms with Gasteiger partial charge in [0.2, 0.25) is 0 Å². The molecule has 2 heterocycles. The van der Waals surface area contributed by atoms with Crippen molar-refractivity contribution in [3.8, 4) is 0 Å². The number of anilines is 1. The number of nitrogens with two attached hydrogens (primary N) is 1. The lowest BCUT2D eigenvalue weighted by Gasteiger charge is -2.21. The van der Waals surface area contributed by atoms with Crippen LogP contribution in [0, 0.1) is 6.92 Å². The number of nitrogen functional groups attached to an aromatic ring is 1. The van der Waals surface area contributed by atoms with Crippen LogP contribution in [0.3, 0.4) is 0 Å². The number of hydrazine groups is 1. The number of nitrogens with zero attached hydrogens (tertiary/aromatic N) is 2. The molecular formula is C11H18N4S2. The summed E-state index contributed by atoms with van der Waals surface area (Å²) in [6, 6.07) is 0.